The minimum absolute atomic E-state index is 0.0569. The van der Waals surface area contributed by atoms with E-state index in [9.17, 15) is 0 Å². The van der Waals surface area contributed by atoms with E-state index in [-0.39, 0.29) is 6.04 Å². The fourth-order valence-corrected chi connectivity index (χ4v) is 1.42. The Labute approximate surface area is 90.9 Å². The molecule has 0 fully saturated rings. The van der Waals surface area contributed by atoms with Crippen LogP contribution in [0.1, 0.15) is 18.0 Å². The summed E-state index contributed by atoms with van der Waals surface area (Å²) < 4.78 is 0.770. The quantitative estimate of drug-likeness (QED) is 0.671. The van der Waals surface area contributed by atoms with Gasteiger partial charge in [0.2, 0.25) is 0 Å². The van der Waals surface area contributed by atoms with E-state index in [2.05, 4.69) is 27.5 Å². The second-order valence-electron chi connectivity index (χ2n) is 2.67. The van der Waals surface area contributed by atoms with Gasteiger partial charge in [0.15, 0.2) is 0 Å². The second kappa shape index (κ2) is 4.74. The Hall–Kier alpha value is -0.380. The Kier molecular flexibility index (Phi) is 3.90. The van der Waals surface area contributed by atoms with Gasteiger partial charge in [0.25, 0.3) is 0 Å². The van der Waals surface area contributed by atoms with Crippen LogP contribution in [0.5, 0.6) is 0 Å². The number of hydrogen-bond acceptors (Lipinski definition) is 2. The molecular formula is C9H10BrClN2. The van der Waals surface area contributed by atoms with Crippen LogP contribution in [-0.2, 0) is 0 Å². The maximum Gasteiger partial charge on any atom is 0.143 e. The molecule has 0 unspecified atom stereocenters. The fourth-order valence-electron chi connectivity index (χ4n) is 0.954. The van der Waals surface area contributed by atoms with Gasteiger partial charge < -0.3 is 5.73 Å². The molecular weight excluding hydrogens is 251 g/mol. The maximum absolute atomic E-state index is 5.85. The van der Waals surface area contributed by atoms with Crippen molar-refractivity contribution in [1.82, 2.24) is 4.98 Å². The Morgan fingerprint density at radius 1 is 1.77 bits per heavy atom. The van der Waals surface area contributed by atoms with Crippen LogP contribution >= 0.6 is 27.5 Å². The van der Waals surface area contributed by atoms with Gasteiger partial charge in [-0.1, -0.05) is 17.7 Å². The van der Waals surface area contributed by atoms with Crippen LogP contribution in [0.3, 0.4) is 0 Å². The van der Waals surface area contributed by atoms with Crippen LogP contribution in [0.15, 0.2) is 29.4 Å². The third kappa shape index (κ3) is 2.79. The molecule has 0 bridgehead atoms. The van der Waals surface area contributed by atoms with Crippen molar-refractivity contribution in [3.8, 4) is 0 Å². The minimum atomic E-state index is -0.0569. The van der Waals surface area contributed by atoms with Crippen molar-refractivity contribution in [2.24, 2.45) is 5.73 Å². The zero-order valence-electron chi connectivity index (χ0n) is 7.00. The summed E-state index contributed by atoms with van der Waals surface area (Å²) in [5.74, 6) is 0. The highest BCUT2D eigenvalue weighted by Gasteiger charge is 2.06. The highest BCUT2D eigenvalue weighted by Crippen LogP contribution is 2.23. The first-order valence-corrected chi connectivity index (χ1v) is 4.99. The Bertz CT molecular complexity index is 314. The van der Waals surface area contributed by atoms with Crippen molar-refractivity contribution in [3.05, 3.63) is 40.1 Å². The van der Waals surface area contributed by atoms with Gasteiger partial charge in [0, 0.05) is 12.2 Å². The van der Waals surface area contributed by atoms with E-state index in [0.29, 0.717) is 5.15 Å². The molecule has 0 saturated heterocycles. The summed E-state index contributed by atoms with van der Waals surface area (Å²) in [6, 6.07) is 1.82. The van der Waals surface area contributed by atoms with Crippen LogP contribution < -0.4 is 5.73 Å². The van der Waals surface area contributed by atoms with Gasteiger partial charge >= 0.3 is 0 Å². The molecule has 1 atom stereocenters. The molecule has 0 aliphatic carbocycles. The highest BCUT2D eigenvalue weighted by molar-refractivity contribution is 9.10. The summed E-state index contributed by atoms with van der Waals surface area (Å²) in [7, 11) is 0. The Balaban J connectivity index is 2.89. The second-order valence-corrected chi connectivity index (χ2v) is 3.88. The summed E-state index contributed by atoms with van der Waals surface area (Å²) >= 11 is 9.03. The minimum Gasteiger partial charge on any atom is -0.324 e. The average molecular weight is 262 g/mol. The van der Waals surface area contributed by atoms with Crippen LogP contribution in [-0.4, -0.2) is 4.98 Å². The van der Waals surface area contributed by atoms with E-state index in [4.69, 9.17) is 17.3 Å². The topological polar surface area (TPSA) is 38.9 Å². The van der Waals surface area contributed by atoms with Crippen molar-refractivity contribution in [3.63, 3.8) is 0 Å². The number of aromatic nitrogens is 1. The van der Waals surface area contributed by atoms with Crippen molar-refractivity contribution in [2.45, 2.75) is 12.5 Å². The monoisotopic (exact) mass is 260 g/mol. The van der Waals surface area contributed by atoms with Crippen LogP contribution in [0.4, 0.5) is 0 Å². The number of halogens is 2. The van der Waals surface area contributed by atoms with Crippen molar-refractivity contribution in [1.29, 1.82) is 0 Å². The van der Waals surface area contributed by atoms with Crippen molar-refractivity contribution >= 4 is 27.5 Å². The third-order valence-electron chi connectivity index (χ3n) is 1.67. The first-order valence-electron chi connectivity index (χ1n) is 3.82. The zero-order chi connectivity index (χ0) is 9.84. The maximum atomic E-state index is 5.85. The predicted octanol–water partition coefficient (Wildman–Crippen LogP) is 3.07. The highest BCUT2D eigenvalue weighted by atomic mass is 79.9. The number of hydrogen-bond donors (Lipinski definition) is 1. The molecule has 1 aromatic rings. The molecule has 13 heavy (non-hydrogen) atoms. The lowest BCUT2D eigenvalue weighted by Crippen LogP contribution is -2.09. The van der Waals surface area contributed by atoms with Gasteiger partial charge in [-0.2, -0.15) is 0 Å². The first kappa shape index (κ1) is 10.7. The lowest BCUT2D eigenvalue weighted by molar-refractivity contribution is 0.737. The van der Waals surface area contributed by atoms with E-state index in [1.807, 2.05) is 6.07 Å². The van der Waals surface area contributed by atoms with Gasteiger partial charge in [-0.25, -0.2) is 4.98 Å². The van der Waals surface area contributed by atoms with Crippen molar-refractivity contribution in [2.75, 3.05) is 0 Å². The molecule has 0 aromatic carbocycles. The number of nitrogens with zero attached hydrogens (tertiary/aromatic N) is 1. The van der Waals surface area contributed by atoms with E-state index in [0.717, 1.165) is 16.5 Å². The summed E-state index contributed by atoms with van der Waals surface area (Å²) in [6.45, 7) is 3.63. The Morgan fingerprint density at radius 2 is 2.46 bits per heavy atom. The normalized spacial score (nSPS) is 12.5. The van der Waals surface area contributed by atoms with E-state index in [1.54, 1.807) is 12.3 Å². The smallest absolute Gasteiger partial charge is 0.143 e. The molecule has 70 valence electrons. The third-order valence-corrected chi connectivity index (χ3v) is 2.80. The van der Waals surface area contributed by atoms with E-state index in [1.165, 1.54) is 0 Å². The molecule has 4 heteroatoms. The van der Waals surface area contributed by atoms with Gasteiger partial charge in [0.05, 0.1) is 4.47 Å². The molecule has 0 aliphatic rings. The number of nitrogens with two attached hydrogens (primary N) is 1. The van der Waals surface area contributed by atoms with E-state index < -0.39 is 0 Å². The number of pyridine rings is 1. The molecule has 1 aromatic heterocycles. The molecule has 1 heterocycles. The van der Waals surface area contributed by atoms with Gasteiger partial charge in [-0.3, -0.25) is 0 Å². The molecule has 0 radical (unpaired) electrons. The fraction of sp³-hybridized carbons (Fsp3) is 0.222. The molecule has 0 amide bonds. The summed E-state index contributed by atoms with van der Waals surface area (Å²) in [5.41, 5.74) is 6.80. The average Bonchev–Trinajstić information content (AvgIpc) is 2.10. The van der Waals surface area contributed by atoms with Crippen LogP contribution in [0.25, 0.3) is 0 Å². The molecule has 0 spiro atoms. The molecule has 0 saturated carbocycles. The summed E-state index contributed by atoms with van der Waals surface area (Å²) in [5, 5.41) is 0.453. The van der Waals surface area contributed by atoms with Crippen LogP contribution in [0, 0.1) is 0 Å². The molecule has 2 N–H and O–H groups in total. The summed E-state index contributed by atoms with van der Waals surface area (Å²) in [4.78, 5) is 3.99. The zero-order valence-corrected chi connectivity index (χ0v) is 9.35. The first-order chi connectivity index (χ1) is 6.15. The van der Waals surface area contributed by atoms with Gasteiger partial charge in [0.1, 0.15) is 5.15 Å². The molecule has 2 nitrogen and oxygen atoms in total. The lowest BCUT2D eigenvalue weighted by atomic mass is 10.1. The summed E-state index contributed by atoms with van der Waals surface area (Å²) in [6.07, 6.45) is 4.20. The standard InChI is InChI=1S/C9H10BrClN2/c1-2-3-8(12)6-4-7(10)9(11)13-5-6/h2,4-5,8H,1,3,12H2/t8-/m0/s1. The SMILES string of the molecule is C=CC[C@H](N)c1cnc(Cl)c(Br)c1. The van der Waals surface area contributed by atoms with Crippen LogP contribution in [0.2, 0.25) is 5.15 Å². The van der Waals surface area contributed by atoms with Gasteiger partial charge in [-0.15, -0.1) is 6.58 Å². The molecule has 1 rings (SSSR count). The largest absolute Gasteiger partial charge is 0.324 e. The Morgan fingerprint density at radius 3 is 3.00 bits per heavy atom. The predicted molar refractivity (Wildman–Crippen MR) is 58.7 cm³/mol. The van der Waals surface area contributed by atoms with Crippen molar-refractivity contribution < 1.29 is 0 Å². The number of rotatable bonds is 3. The molecule has 0 aliphatic heterocycles. The van der Waals surface area contributed by atoms with E-state index >= 15 is 0 Å². The van der Waals surface area contributed by atoms with Gasteiger partial charge in [-0.05, 0) is 34.0 Å². The lowest BCUT2D eigenvalue weighted by Gasteiger charge is -2.09.